The lowest BCUT2D eigenvalue weighted by molar-refractivity contribution is -0.139. The lowest BCUT2D eigenvalue weighted by atomic mass is 9.80. The van der Waals surface area contributed by atoms with Crippen LogP contribution in [0.4, 0.5) is 5.69 Å². The predicted octanol–water partition coefficient (Wildman–Crippen LogP) is 4.50. The van der Waals surface area contributed by atoms with Crippen LogP contribution in [-0.2, 0) is 25.6 Å². The van der Waals surface area contributed by atoms with E-state index in [-0.39, 0.29) is 34.8 Å². The van der Waals surface area contributed by atoms with Gasteiger partial charge in [-0.15, -0.1) is 0 Å². The Morgan fingerprint density at radius 2 is 1.75 bits per heavy atom. The van der Waals surface area contributed by atoms with E-state index in [1.807, 2.05) is 12.1 Å². The van der Waals surface area contributed by atoms with E-state index in [0.29, 0.717) is 22.3 Å². The molecule has 1 saturated carbocycles. The lowest BCUT2D eigenvalue weighted by Crippen LogP contribution is -2.41. The third-order valence-electron chi connectivity index (χ3n) is 7.22. The van der Waals surface area contributed by atoms with E-state index < -0.39 is 17.9 Å². The van der Waals surface area contributed by atoms with Gasteiger partial charge in [0.2, 0.25) is 0 Å². The summed E-state index contributed by atoms with van der Waals surface area (Å²) in [5, 5.41) is 23.8. The maximum Gasteiger partial charge on any atom is 0.355 e. The summed E-state index contributed by atoms with van der Waals surface area (Å²) >= 11 is 7.17. The van der Waals surface area contributed by atoms with E-state index in [4.69, 9.17) is 15.2 Å². The van der Waals surface area contributed by atoms with E-state index in [1.165, 1.54) is 19.1 Å². The number of anilines is 1. The third-order valence-corrected chi connectivity index (χ3v) is 8.28. The van der Waals surface area contributed by atoms with E-state index >= 15 is 0 Å². The van der Waals surface area contributed by atoms with E-state index in [9.17, 15) is 20.0 Å². The first-order valence-corrected chi connectivity index (χ1v) is 14.3. The molecule has 4 N–H and O–H groups in total. The Morgan fingerprint density at radius 3 is 2.35 bits per heavy atom. The summed E-state index contributed by atoms with van der Waals surface area (Å²) in [6, 6.07) is 14.9. The van der Waals surface area contributed by atoms with E-state index in [2.05, 4.69) is 43.2 Å². The van der Waals surface area contributed by atoms with Crippen LogP contribution in [0.2, 0.25) is 0 Å². The second-order valence-corrected chi connectivity index (χ2v) is 11.4. The summed E-state index contributed by atoms with van der Waals surface area (Å²) in [5.41, 5.74) is 8.44. The number of carbonyl (C=O) groups excluding carboxylic acids is 2. The summed E-state index contributed by atoms with van der Waals surface area (Å²) in [6.07, 6.45) is 2.82. The second-order valence-electron chi connectivity index (χ2n) is 9.62. The van der Waals surface area contributed by atoms with Crippen LogP contribution in [0.25, 0.3) is 0 Å². The Morgan fingerprint density at radius 1 is 1.10 bits per heavy atom. The maximum absolute atomic E-state index is 13.5. The molecule has 2 aliphatic rings. The van der Waals surface area contributed by atoms with Crippen molar-refractivity contribution in [3.05, 3.63) is 85.2 Å². The summed E-state index contributed by atoms with van der Waals surface area (Å²) in [6.45, 7) is 0.393. The van der Waals surface area contributed by atoms with Crippen molar-refractivity contribution in [2.45, 2.75) is 50.3 Å². The van der Waals surface area contributed by atoms with Crippen molar-refractivity contribution < 1.29 is 24.2 Å². The van der Waals surface area contributed by atoms with Gasteiger partial charge in [0.1, 0.15) is 11.5 Å². The highest BCUT2D eigenvalue weighted by atomic mass is 79.9. The van der Waals surface area contributed by atoms with Gasteiger partial charge in [-0.3, -0.25) is 4.90 Å². The fourth-order valence-corrected chi connectivity index (χ4v) is 6.78. The van der Waals surface area contributed by atoms with Crippen LogP contribution >= 0.6 is 31.9 Å². The molecule has 0 amide bonds. The SMILES string of the molecule is COC(=O)C1=C(C(=O)OC)N(c2c(Br)cc(Br)cc2CNC2CCC(O)CC2)C(N)=C(C#N)C1c1ccccc1. The second kappa shape index (κ2) is 13.0. The molecule has 0 radical (unpaired) electrons. The molecule has 40 heavy (non-hydrogen) atoms. The Kier molecular flexibility index (Phi) is 9.68. The Hall–Kier alpha value is -3.17. The average Bonchev–Trinajstić information content (AvgIpc) is 2.96. The minimum atomic E-state index is -0.950. The highest BCUT2D eigenvalue weighted by Crippen LogP contribution is 2.46. The number of hydrogen-bond acceptors (Lipinski definition) is 9. The van der Waals surface area contributed by atoms with Gasteiger partial charge >= 0.3 is 11.9 Å². The highest BCUT2D eigenvalue weighted by Gasteiger charge is 2.44. The van der Waals surface area contributed by atoms with Gasteiger partial charge in [0, 0.05) is 21.5 Å². The van der Waals surface area contributed by atoms with Crippen molar-refractivity contribution in [2.75, 3.05) is 19.1 Å². The quantitative estimate of drug-likeness (QED) is 0.363. The number of nitrogens with zero attached hydrogens (tertiary/aromatic N) is 2. The molecule has 0 aromatic heterocycles. The number of hydrogen-bond donors (Lipinski definition) is 3. The number of aliphatic hydroxyl groups excluding tert-OH is 1. The first kappa shape index (κ1) is 29.8. The first-order chi connectivity index (χ1) is 19.2. The van der Waals surface area contributed by atoms with Crippen molar-refractivity contribution >= 4 is 49.5 Å². The molecule has 11 heteroatoms. The minimum absolute atomic E-state index is 0.00512. The molecular weight excluding hydrogens is 644 g/mol. The van der Waals surface area contributed by atoms with Crippen LogP contribution in [0.15, 0.2) is 74.1 Å². The Balaban J connectivity index is 1.94. The topological polar surface area (TPSA) is 138 Å². The summed E-state index contributed by atoms with van der Waals surface area (Å²) < 4.78 is 11.6. The number of ether oxygens (including phenoxy) is 2. The zero-order valence-corrected chi connectivity index (χ0v) is 25.3. The average molecular weight is 674 g/mol. The lowest BCUT2D eigenvalue weighted by Gasteiger charge is -2.37. The molecule has 210 valence electrons. The first-order valence-electron chi connectivity index (χ1n) is 12.8. The van der Waals surface area contributed by atoms with Gasteiger partial charge in [0.25, 0.3) is 0 Å². The molecule has 1 heterocycles. The van der Waals surface area contributed by atoms with Gasteiger partial charge in [0.15, 0.2) is 0 Å². The van der Waals surface area contributed by atoms with Gasteiger partial charge in [-0.05, 0) is 64.9 Å². The van der Waals surface area contributed by atoms with Gasteiger partial charge in [-0.2, -0.15) is 5.26 Å². The van der Waals surface area contributed by atoms with Gasteiger partial charge in [-0.25, -0.2) is 9.59 Å². The van der Waals surface area contributed by atoms with Crippen LogP contribution < -0.4 is 16.0 Å². The number of nitrogens with one attached hydrogen (secondary N) is 1. The van der Waals surface area contributed by atoms with Crippen LogP contribution in [0.5, 0.6) is 0 Å². The number of esters is 2. The largest absolute Gasteiger partial charge is 0.466 e. The molecule has 1 aliphatic carbocycles. The van der Waals surface area contributed by atoms with Crippen LogP contribution in [0.3, 0.4) is 0 Å². The number of aliphatic hydroxyl groups is 1. The van der Waals surface area contributed by atoms with Crippen LogP contribution in [-0.4, -0.2) is 43.4 Å². The number of nitriles is 1. The van der Waals surface area contributed by atoms with Crippen LogP contribution in [0, 0.1) is 11.3 Å². The molecule has 0 spiro atoms. The molecule has 0 saturated heterocycles. The summed E-state index contributed by atoms with van der Waals surface area (Å²) in [5.74, 6) is -2.55. The molecule has 4 rings (SSSR count). The number of methoxy groups -OCH3 is 2. The zero-order chi connectivity index (χ0) is 29.0. The normalized spacial score (nSPS) is 21.2. The van der Waals surface area contributed by atoms with E-state index in [0.717, 1.165) is 35.7 Å². The number of rotatable bonds is 7. The van der Waals surface area contributed by atoms with Gasteiger partial charge in [-0.1, -0.05) is 46.3 Å². The molecule has 9 nitrogen and oxygen atoms in total. The number of halogens is 2. The van der Waals surface area contributed by atoms with Gasteiger partial charge < -0.3 is 25.6 Å². The van der Waals surface area contributed by atoms with Crippen molar-refractivity contribution in [1.29, 1.82) is 5.26 Å². The number of nitrogens with two attached hydrogens (primary N) is 1. The highest BCUT2D eigenvalue weighted by molar-refractivity contribution is 9.11. The molecule has 2 aromatic carbocycles. The van der Waals surface area contributed by atoms with Gasteiger partial charge in [0.05, 0.1) is 49.1 Å². The minimum Gasteiger partial charge on any atom is -0.466 e. The molecule has 1 fully saturated rings. The van der Waals surface area contributed by atoms with Crippen LogP contribution in [0.1, 0.15) is 42.7 Å². The number of allylic oxidation sites excluding steroid dienone is 1. The van der Waals surface area contributed by atoms with Crippen molar-refractivity contribution in [2.24, 2.45) is 5.73 Å². The molecule has 2 aromatic rings. The Bertz CT molecular complexity index is 1400. The third kappa shape index (κ3) is 5.95. The van der Waals surface area contributed by atoms with Crippen molar-refractivity contribution in [3.63, 3.8) is 0 Å². The monoisotopic (exact) mass is 672 g/mol. The summed E-state index contributed by atoms with van der Waals surface area (Å²) in [7, 11) is 2.44. The smallest absolute Gasteiger partial charge is 0.355 e. The van der Waals surface area contributed by atoms with Crippen molar-refractivity contribution in [3.8, 4) is 6.07 Å². The van der Waals surface area contributed by atoms with E-state index in [1.54, 1.807) is 30.3 Å². The molecular formula is C29H30Br2N4O5. The number of carbonyl (C=O) groups is 2. The van der Waals surface area contributed by atoms with Crippen molar-refractivity contribution in [1.82, 2.24) is 5.32 Å². The molecule has 1 aliphatic heterocycles. The standard InChI is InChI=1S/C29H30Br2N4O5/c1-39-28(37)24-23(16-6-4-3-5-7-16)21(14-32)27(33)35(26(24)29(38)40-2)25-17(12-18(30)13-22(25)31)15-34-19-8-10-20(36)11-9-19/h3-7,12-13,19-20,23,34,36H,8-11,15,33H2,1-2H3. The maximum atomic E-state index is 13.5. The fraction of sp³-hybridized carbons (Fsp3) is 0.345. The number of benzene rings is 2. The zero-order valence-electron chi connectivity index (χ0n) is 22.1. The summed E-state index contributed by atoms with van der Waals surface area (Å²) in [4.78, 5) is 28.3. The molecule has 1 atom stereocenters. The predicted molar refractivity (Wildman–Crippen MR) is 156 cm³/mol. The Labute approximate surface area is 249 Å². The molecule has 1 unspecified atom stereocenters. The fourth-order valence-electron chi connectivity index (χ4n) is 5.28. The molecule has 0 bridgehead atoms.